The van der Waals surface area contributed by atoms with Crippen LogP contribution in [0.3, 0.4) is 0 Å². The molecule has 0 radical (unpaired) electrons. The Morgan fingerprint density at radius 2 is 1.47 bits per heavy atom. The summed E-state index contributed by atoms with van der Waals surface area (Å²) in [6.45, 7) is 0.126. The molecule has 1 saturated carbocycles. The number of methoxy groups -OCH3 is 1. The summed E-state index contributed by atoms with van der Waals surface area (Å²) in [7, 11) is 1.26. The van der Waals surface area contributed by atoms with Gasteiger partial charge in [0.25, 0.3) is 5.91 Å². The van der Waals surface area contributed by atoms with Crippen LogP contribution in [0.25, 0.3) is 0 Å². The predicted molar refractivity (Wildman–Crippen MR) is 120 cm³/mol. The monoisotopic (exact) mass is 438 g/mol. The van der Waals surface area contributed by atoms with Gasteiger partial charge in [0.2, 0.25) is 0 Å². The summed E-state index contributed by atoms with van der Waals surface area (Å²) in [6.07, 6.45) is 5.03. The highest BCUT2D eigenvalue weighted by molar-refractivity contribution is 5.84. The van der Waals surface area contributed by atoms with Gasteiger partial charge in [-0.05, 0) is 55.2 Å². The van der Waals surface area contributed by atoms with Gasteiger partial charge < -0.3 is 14.9 Å². The molecule has 0 saturated heterocycles. The number of hydrogen-bond acceptors (Lipinski definition) is 5. The van der Waals surface area contributed by atoms with Crippen molar-refractivity contribution in [1.29, 1.82) is 0 Å². The molecule has 0 spiro atoms. The first-order valence-corrected chi connectivity index (χ1v) is 10.9. The van der Waals surface area contributed by atoms with Crippen LogP contribution >= 0.6 is 0 Å². The highest BCUT2D eigenvalue weighted by atomic mass is 16.7. The van der Waals surface area contributed by atoms with Crippen molar-refractivity contribution in [2.45, 2.75) is 44.9 Å². The second-order valence-corrected chi connectivity index (χ2v) is 8.23. The van der Waals surface area contributed by atoms with E-state index in [2.05, 4.69) is 39.8 Å². The summed E-state index contributed by atoms with van der Waals surface area (Å²) in [5.74, 6) is -0.946. The third-order valence-corrected chi connectivity index (χ3v) is 5.71. The smallest absolute Gasteiger partial charge is 0.406 e. The van der Waals surface area contributed by atoms with E-state index in [9.17, 15) is 14.4 Å². The van der Waals surface area contributed by atoms with Crippen molar-refractivity contribution in [3.63, 3.8) is 0 Å². The molecule has 1 aliphatic rings. The van der Waals surface area contributed by atoms with E-state index in [0.717, 1.165) is 31.2 Å². The van der Waals surface area contributed by atoms with Crippen molar-refractivity contribution in [2.24, 2.45) is 5.41 Å². The molecule has 0 aliphatic heterocycles. The van der Waals surface area contributed by atoms with Crippen LogP contribution in [0.4, 0.5) is 4.79 Å². The zero-order chi connectivity index (χ0) is 22.8. The van der Waals surface area contributed by atoms with E-state index < -0.39 is 23.4 Å². The van der Waals surface area contributed by atoms with Crippen molar-refractivity contribution in [1.82, 2.24) is 10.8 Å². The summed E-state index contributed by atoms with van der Waals surface area (Å²) >= 11 is 0. The number of rotatable bonds is 10. The summed E-state index contributed by atoms with van der Waals surface area (Å²) < 4.78 is 4.50. The Bertz CT molecular complexity index is 908. The number of unbranched alkanes of at least 4 members (excludes halogenated alkanes) is 1. The molecule has 2 aromatic carbocycles. The summed E-state index contributed by atoms with van der Waals surface area (Å²) in [4.78, 5) is 40.5. The Morgan fingerprint density at radius 3 is 2.06 bits per heavy atom. The number of benzene rings is 2. The Hall–Kier alpha value is -3.35. The molecular formula is C25H30N2O5. The number of amides is 2. The molecule has 7 heteroatoms. The fourth-order valence-electron chi connectivity index (χ4n) is 3.48. The molecule has 2 aromatic rings. The topological polar surface area (TPSA) is 93.7 Å². The summed E-state index contributed by atoms with van der Waals surface area (Å²) in [6, 6.07) is 18.4. The van der Waals surface area contributed by atoms with Gasteiger partial charge in [0, 0.05) is 6.54 Å². The number of nitrogens with one attached hydrogen (secondary N) is 2. The van der Waals surface area contributed by atoms with Gasteiger partial charge in [-0.2, -0.15) is 5.48 Å². The molecule has 3 rings (SSSR count). The van der Waals surface area contributed by atoms with Gasteiger partial charge in [0.1, 0.15) is 0 Å². The number of alkyl carbamates (subject to hydrolysis) is 1. The Morgan fingerprint density at radius 1 is 0.875 bits per heavy atom. The van der Waals surface area contributed by atoms with E-state index in [0.29, 0.717) is 12.8 Å². The molecule has 0 bridgehead atoms. The number of hydrogen-bond donors (Lipinski definition) is 2. The lowest BCUT2D eigenvalue weighted by Crippen LogP contribution is -2.38. The van der Waals surface area contributed by atoms with Crippen LogP contribution in [0, 0.1) is 5.41 Å². The Labute approximate surface area is 188 Å². The third kappa shape index (κ3) is 7.11. The molecule has 170 valence electrons. The van der Waals surface area contributed by atoms with Gasteiger partial charge in [0.05, 0.1) is 18.9 Å². The van der Waals surface area contributed by atoms with Crippen LogP contribution in [0.5, 0.6) is 0 Å². The third-order valence-electron chi connectivity index (χ3n) is 5.71. The number of ether oxygens (including phenoxy) is 1. The van der Waals surface area contributed by atoms with E-state index in [4.69, 9.17) is 4.84 Å². The highest BCUT2D eigenvalue weighted by Gasteiger charge is 2.52. The minimum absolute atomic E-state index is 0.120. The van der Waals surface area contributed by atoms with Gasteiger partial charge >= 0.3 is 12.1 Å². The Balaban J connectivity index is 1.34. The van der Waals surface area contributed by atoms with Crippen LogP contribution in [-0.4, -0.2) is 31.6 Å². The average molecular weight is 439 g/mol. The normalized spacial score (nSPS) is 13.7. The molecule has 7 nitrogen and oxygen atoms in total. The predicted octanol–water partition coefficient (Wildman–Crippen LogP) is 3.51. The molecule has 0 heterocycles. The molecular weight excluding hydrogens is 408 g/mol. The van der Waals surface area contributed by atoms with Gasteiger partial charge in [-0.15, -0.1) is 0 Å². The zero-order valence-electron chi connectivity index (χ0n) is 18.4. The first kappa shape index (κ1) is 23.3. The average Bonchev–Trinajstić information content (AvgIpc) is 3.61. The lowest BCUT2D eigenvalue weighted by molar-refractivity contribution is -0.163. The van der Waals surface area contributed by atoms with Gasteiger partial charge in [0.15, 0.2) is 0 Å². The standard InChI is InChI=1S/C25H30N2O5/c1-31-24(30)26-18-25(15-16-25)23(29)32-27-22(28)17-21-13-11-20(12-14-21)10-6-5-9-19-7-3-2-4-8-19/h2-4,7-8,11-14H,5-6,9-10,15-18H2,1H3,(H,26,30)(H,27,28). The largest absolute Gasteiger partial charge is 0.453 e. The fourth-order valence-corrected chi connectivity index (χ4v) is 3.48. The van der Waals surface area contributed by atoms with Crippen molar-refractivity contribution in [2.75, 3.05) is 13.7 Å². The van der Waals surface area contributed by atoms with E-state index in [-0.39, 0.29) is 13.0 Å². The van der Waals surface area contributed by atoms with Crippen LogP contribution < -0.4 is 10.8 Å². The second kappa shape index (κ2) is 11.3. The molecule has 0 aromatic heterocycles. The van der Waals surface area contributed by atoms with Gasteiger partial charge in [-0.3, -0.25) is 4.79 Å². The molecule has 1 fully saturated rings. The first-order chi connectivity index (χ1) is 15.5. The van der Waals surface area contributed by atoms with Crippen LogP contribution in [0.2, 0.25) is 0 Å². The van der Waals surface area contributed by atoms with E-state index in [1.807, 2.05) is 30.3 Å². The molecule has 0 unspecified atom stereocenters. The van der Waals surface area contributed by atoms with Crippen LogP contribution in [0.15, 0.2) is 54.6 Å². The number of aryl methyl sites for hydroxylation is 2. The maximum absolute atomic E-state index is 12.2. The maximum atomic E-state index is 12.2. The van der Waals surface area contributed by atoms with Crippen molar-refractivity contribution in [3.8, 4) is 0 Å². The molecule has 2 amide bonds. The van der Waals surface area contributed by atoms with Gasteiger partial charge in [-0.25, -0.2) is 9.59 Å². The molecule has 0 atom stereocenters. The molecule has 32 heavy (non-hydrogen) atoms. The second-order valence-electron chi connectivity index (χ2n) is 8.23. The SMILES string of the molecule is COC(=O)NCC1(C(=O)ONC(=O)Cc2ccc(CCCCc3ccccc3)cc2)CC1. The van der Waals surface area contributed by atoms with Crippen molar-refractivity contribution < 1.29 is 24.0 Å². The Kier molecular flexibility index (Phi) is 8.25. The van der Waals surface area contributed by atoms with Crippen LogP contribution in [0.1, 0.15) is 42.4 Å². The zero-order valence-corrected chi connectivity index (χ0v) is 18.4. The van der Waals surface area contributed by atoms with Gasteiger partial charge in [-0.1, -0.05) is 54.6 Å². The fraction of sp³-hybridized carbons (Fsp3) is 0.400. The van der Waals surface area contributed by atoms with E-state index >= 15 is 0 Å². The molecule has 1 aliphatic carbocycles. The maximum Gasteiger partial charge on any atom is 0.406 e. The van der Waals surface area contributed by atoms with Crippen molar-refractivity contribution >= 4 is 18.0 Å². The lowest BCUT2D eigenvalue weighted by Gasteiger charge is -2.14. The van der Waals surface area contributed by atoms with E-state index in [1.54, 1.807) is 0 Å². The first-order valence-electron chi connectivity index (χ1n) is 10.9. The summed E-state index contributed by atoms with van der Waals surface area (Å²) in [5, 5.41) is 2.50. The quantitative estimate of drug-likeness (QED) is 0.437. The van der Waals surface area contributed by atoms with E-state index in [1.165, 1.54) is 18.2 Å². The van der Waals surface area contributed by atoms with Crippen molar-refractivity contribution in [3.05, 3.63) is 71.3 Å². The lowest BCUT2D eigenvalue weighted by atomic mass is 10.0. The van der Waals surface area contributed by atoms with Crippen LogP contribution in [-0.2, 0) is 38.4 Å². The highest BCUT2D eigenvalue weighted by Crippen LogP contribution is 2.46. The number of carbonyl (C=O) groups is 3. The number of hydroxylamine groups is 1. The summed E-state index contributed by atoms with van der Waals surface area (Å²) in [5.41, 5.74) is 4.89. The minimum Gasteiger partial charge on any atom is -0.453 e. The number of carbonyl (C=O) groups excluding carboxylic acids is 3. The minimum atomic E-state index is -0.774. The molecule has 2 N–H and O–H groups in total.